The number of ether oxygens (including phenoxy) is 1. The van der Waals surface area contributed by atoms with Gasteiger partial charge in [-0.3, -0.25) is 0 Å². The summed E-state index contributed by atoms with van der Waals surface area (Å²) in [6.45, 7) is 1.17. The maximum atomic E-state index is 12.4. The van der Waals surface area contributed by atoms with E-state index in [1.54, 1.807) is 11.4 Å². The zero-order chi connectivity index (χ0) is 15.6. The first kappa shape index (κ1) is 18.2. The van der Waals surface area contributed by atoms with Crippen LogP contribution in [0.2, 0.25) is 0 Å². The van der Waals surface area contributed by atoms with Gasteiger partial charge >= 0.3 is 0 Å². The second kappa shape index (κ2) is 7.63. The third-order valence-electron chi connectivity index (χ3n) is 3.75. The quantitative estimate of drug-likeness (QED) is 0.843. The Morgan fingerprint density at radius 3 is 2.91 bits per heavy atom. The summed E-state index contributed by atoms with van der Waals surface area (Å²) in [4.78, 5) is 0. The predicted octanol–water partition coefficient (Wildman–Crippen LogP) is 2.34. The summed E-state index contributed by atoms with van der Waals surface area (Å²) >= 11 is 1.16. The molecule has 23 heavy (non-hydrogen) atoms. The Morgan fingerprint density at radius 2 is 2.13 bits per heavy atom. The molecule has 2 heterocycles. The van der Waals surface area contributed by atoms with Crippen LogP contribution in [0.3, 0.4) is 0 Å². The fourth-order valence-electron chi connectivity index (χ4n) is 2.66. The van der Waals surface area contributed by atoms with Crippen molar-refractivity contribution in [3.8, 4) is 5.75 Å². The molecule has 1 aromatic carbocycles. The van der Waals surface area contributed by atoms with E-state index in [9.17, 15) is 8.42 Å². The van der Waals surface area contributed by atoms with E-state index in [1.165, 1.54) is 12.7 Å². The van der Waals surface area contributed by atoms with Crippen LogP contribution >= 0.6 is 23.7 Å². The molecular weight excluding hydrogens is 356 g/mol. The molecule has 1 aromatic heterocycles. The van der Waals surface area contributed by atoms with Crippen molar-refractivity contribution < 1.29 is 13.2 Å². The van der Waals surface area contributed by atoms with Gasteiger partial charge in [-0.15, -0.1) is 23.7 Å². The number of benzene rings is 1. The van der Waals surface area contributed by atoms with Gasteiger partial charge in [0.2, 0.25) is 0 Å². The SMILES string of the molecule is COc1ccsc1S(=O)(=O)NCC1NCCc2ccccc21.Cl. The van der Waals surface area contributed by atoms with Gasteiger partial charge in [-0.05, 0) is 35.5 Å². The summed E-state index contributed by atoms with van der Waals surface area (Å²) < 4.78 is 32.8. The molecule has 8 heteroatoms. The number of hydrogen-bond donors (Lipinski definition) is 2. The van der Waals surface area contributed by atoms with Gasteiger partial charge in [0.1, 0.15) is 5.75 Å². The lowest BCUT2D eigenvalue weighted by atomic mass is 9.95. The maximum absolute atomic E-state index is 12.4. The first-order valence-corrected chi connectivity index (χ1v) is 9.40. The van der Waals surface area contributed by atoms with Gasteiger partial charge in [0.25, 0.3) is 10.0 Å². The van der Waals surface area contributed by atoms with E-state index < -0.39 is 10.0 Å². The lowest BCUT2D eigenvalue weighted by Gasteiger charge is -2.27. The molecule has 0 spiro atoms. The van der Waals surface area contributed by atoms with Crippen LogP contribution in [0.15, 0.2) is 39.9 Å². The summed E-state index contributed by atoms with van der Waals surface area (Å²) in [5.41, 5.74) is 2.44. The molecule has 1 aliphatic rings. The van der Waals surface area contributed by atoms with Crippen LogP contribution in [-0.2, 0) is 16.4 Å². The van der Waals surface area contributed by atoms with Crippen LogP contribution in [0.25, 0.3) is 0 Å². The average molecular weight is 375 g/mol. The molecule has 1 aliphatic heterocycles. The van der Waals surface area contributed by atoms with E-state index in [4.69, 9.17) is 4.74 Å². The van der Waals surface area contributed by atoms with Crippen LogP contribution < -0.4 is 14.8 Å². The largest absolute Gasteiger partial charge is 0.494 e. The fraction of sp³-hybridized carbons (Fsp3) is 0.333. The van der Waals surface area contributed by atoms with Gasteiger partial charge in [0.15, 0.2) is 4.21 Å². The number of rotatable bonds is 5. The Morgan fingerprint density at radius 1 is 1.35 bits per heavy atom. The Balaban J connectivity index is 0.00000192. The van der Waals surface area contributed by atoms with Gasteiger partial charge in [0, 0.05) is 12.6 Å². The lowest BCUT2D eigenvalue weighted by molar-refractivity contribution is 0.406. The Hall–Kier alpha value is -1.12. The normalized spacial score (nSPS) is 17.2. The summed E-state index contributed by atoms with van der Waals surface area (Å²) in [6, 6.07) is 9.79. The molecule has 0 saturated heterocycles. The van der Waals surface area contributed by atoms with Gasteiger partial charge in [-0.1, -0.05) is 24.3 Å². The number of methoxy groups -OCH3 is 1. The van der Waals surface area contributed by atoms with Crippen molar-refractivity contribution in [3.05, 3.63) is 46.8 Å². The van der Waals surface area contributed by atoms with Crippen molar-refractivity contribution in [2.75, 3.05) is 20.2 Å². The molecule has 126 valence electrons. The third-order valence-corrected chi connectivity index (χ3v) is 6.62. The van der Waals surface area contributed by atoms with Crippen LogP contribution in [0.4, 0.5) is 0 Å². The van der Waals surface area contributed by atoms with Crippen LogP contribution in [0.5, 0.6) is 5.75 Å². The molecule has 5 nitrogen and oxygen atoms in total. The van der Waals surface area contributed by atoms with E-state index in [0.717, 1.165) is 29.9 Å². The standard InChI is InChI=1S/C15H18N2O3S2.ClH/c1-20-14-7-9-21-15(14)22(18,19)17-10-13-12-5-3-2-4-11(12)6-8-16-13;/h2-5,7,9,13,16-17H,6,8,10H2,1H3;1H. The Bertz CT molecular complexity index is 762. The van der Waals surface area contributed by atoms with Gasteiger partial charge in [-0.25, -0.2) is 13.1 Å². The highest BCUT2D eigenvalue weighted by Crippen LogP contribution is 2.29. The zero-order valence-corrected chi connectivity index (χ0v) is 15.1. The monoisotopic (exact) mass is 374 g/mol. The molecule has 0 aliphatic carbocycles. The van der Waals surface area contributed by atoms with Crippen LogP contribution in [0, 0.1) is 0 Å². The molecule has 1 atom stereocenters. The number of fused-ring (bicyclic) bond motifs is 1. The fourth-order valence-corrected chi connectivity index (χ4v) is 5.03. The number of halogens is 1. The number of nitrogens with one attached hydrogen (secondary N) is 2. The van der Waals surface area contributed by atoms with Crippen molar-refractivity contribution in [2.45, 2.75) is 16.7 Å². The highest BCUT2D eigenvalue weighted by molar-refractivity contribution is 7.91. The van der Waals surface area contributed by atoms with Crippen molar-refractivity contribution in [1.82, 2.24) is 10.0 Å². The smallest absolute Gasteiger partial charge is 0.253 e. The molecule has 1 unspecified atom stereocenters. The maximum Gasteiger partial charge on any atom is 0.253 e. The first-order chi connectivity index (χ1) is 10.6. The van der Waals surface area contributed by atoms with E-state index >= 15 is 0 Å². The lowest BCUT2D eigenvalue weighted by Crippen LogP contribution is -2.38. The highest BCUT2D eigenvalue weighted by atomic mass is 35.5. The molecule has 0 saturated carbocycles. The molecule has 2 N–H and O–H groups in total. The van der Waals surface area contributed by atoms with Crippen molar-refractivity contribution in [3.63, 3.8) is 0 Å². The minimum atomic E-state index is -3.56. The van der Waals surface area contributed by atoms with E-state index in [2.05, 4.69) is 16.1 Å². The van der Waals surface area contributed by atoms with Crippen LogP contribution in [0.1, 0.15) is 17.2 Å². The van der Waals surface area contributed by atoms with E-state index in [0.29, 0.717) is 12.3 Å². The summed E-state index contributed by atoms with van der Waals surface area (Å²) in [7, 11) is -2.09. The number of hydrogen-bond acceptors (Lipinski definition) is 5. The highest BCUT2D eigenvalue weighted by Gasteiger charge is 2.25. The molecule has 0 fully saturated rings. The Kier molecular flexibility index (Phi) is 6.05. The van der Waals surface area contributed by atoms with Gasteiger partial charge in [0.05, 0.1) is 7.11 Å². The van der Waals surface area contributed by atoms with E-state index in [1.807, 2.05) is 18.2 Å². The summed E-state index contributed by atoms with van der Waals surface area (Å²) in [6.07, 6.45) is 0.970. The van der Waals surface area contributed by atoms with Crippen LogP contribution in [-0.4, -0.2) is 28.6 Å². The molecule has 0 bridgehead atoms. The van der Waals surface area contributed by atoms with Gasteiger partial charge < -0.3 is 10.1 Å². The topological polar surface area (TPSA) is 67.4 Å². The first-order valence-electron chi connectivity index (χ1n) is 7.04. The minimum Gasteiger partial charge on any atom is -0.494 e. The average Bonchev–Trinajstić information content (AvgIpc) is 3.02. The van der Waals surface area contributed by atoms with Crippen molar-refractivity contribution in [1.29, 1.82) is 0 Å². The molecule has 2 aromatic rings. The predicted molar refractivity (Wildman–Crippen MR) is 94.2 cm³/mol. The second-order valence-corrected chi connectivity index (χ2v) is 7.96. The van der Waals surface area contributed by atoms with Crippen molar-refractivity contribution in [2.24, 2.45) is 0 Å². The zero-order valence-electron chi connectivity index (χ0n) is 12.6. The molecular formula is C15H19ClN2O3S2. The summed E-state index contributed by atoms with van der Waals surface area (Å²) in [5.74, 6) is 0.384. The number of thiophene rings is 1. The van der Waals surface area contributed by atoms with Gasteiger partial charge in [-0.2, -0.15) is 0 Å². The summed E-state index contributed by atoms with van der Waals surface area (Å²) in [5, 5.41) is 5.08. The third kappa shape index (κ3) is 3.87. The molecule has 0 radical (unpaired) electrons. The van der Waals surface area contributed by atoms with E-state index in [-0.39, 0.29) is 22.7 Å². The number of sulfonamides is 1. The molecule has 3 rings (SSSR count). The second-order valence-electron chi connectivity index (χ2n) is 5.08. The Labute approximate surface area is 146 Å². The molecule has 0 amide bonds. The van der Waals surface area contributed by atoms with Crippen molar-refractivity contribution >= 4 is 33.8 Å². The minimum absolute atomic E-state index is 0.